The van der Waals surface area contributed by atoms with Crippen molar-refractivity contribution in [2.45, 2.75) is 25.3 Å². The predicted octanol–water partition coefficient (Wildman–Crippen LogP) is 2.46. The minimum absolute atomic E-state index is 0.0780. The molecule has 1 atom stereocenters. The zero-order chi connectivity index (χ0) is 12.5. The molecular weight excluding hydrogens is 250 g/mol. The molecule has 0 saturated heterocycles. The maximum absolute atomic E-state index is 6.30. The maximum atomic E-state index is 6.30. The number of aryl methyl sites for hydroxylation is 1. The summed E-state index contributed by atoms with van der Waals surface area (Å²) in [5, 5.41) is 7.43. The van der Waals surface area contributed by atoms with Gasteiger partial charge in [-0.15, -0.1) is 11.6 Å². The van der Waals surface area contributed by atoms with Gasteiger partial charge in [-0.05, 0) is 6.42 Å². The zero-order valence-electron chi connectivity index (χ0n) is 10.1. The first kappa shape index (κ1) is 11.5. The summed E-state index contributed by atoms with van der Waals surface area (Å²) < 4.78 is 1.93. The van der Waals surface area contributed by atoms with E-state index in [-0.39, 0.29) is 5.38 Å². The molecule has 0 aliphatic carbocycles. The molecule has 0 aromatic carbocycles. The molecule has 2 aromatic heterocycles. The number of hydrogen-bond donors (Lipinski definition) is 1. The minimum Gasteiger partial charge on any atom is -0.368 e. The summed E-state index contributed by atoms with van der Waals surface area (Å²) in [6.45, 7) is 3.74. The van der Waals surface area contributed by atoms with Gasteiger partial charge in [-0.25, -0.2) is 9.97 Å². The van der Waals surface area contributed by atoms with E-state index in [0.29, 0.717) is 6.54 Å². The largest absolute Gasteiger partial charge is 0.368 e. The van der Waals surface area contributed by atoms with Crippen LogP contribution in [0.15, 0.2) is 18.7 Å². The van der Waals surface area contributed by atoms with E-state index in [9.17, 15) is 0 Å². The fourth-order valence-corrected chi connectivity index (χ4v) is 2.47. The lowest BCUT2D eigenvalue weighted by Gasteiger charge is -2.05. The Hall–Kier alpha value is -1.62. The van der Waals surface area contributed by atoms with E-state index >= 15 is 0 Å². The number of anilines is 1. The van der Waals surface area contributed by atoms with E-state index < -0.39 is 0 Å². The molecule has 1 N–H and O–H groups in total. The Labute approximate surface area is 110 Å². The van der Waals surface area contributed by atoms with Crippen LogP contribution in [0.1, 0.15) is 24.3 Å². The van der Waals surface area contributed by atoms with Crippen molar-refractivity contribution in [2.75, 3.05) is 11.9 Å². The lowest BCUT2D eigenvalue weighted by molar-refractivity contribution is 0.603. The van der Waals surface area contributed by atoms with Gasteiger partial charge in [0, 0.05) is 30.4 Å². The van der Waals surface area contributed by atoms with Gasteiger partial charge in [0.2, 0.25) is 0 Å². The second-order valence-electron chi connectivity index (χ2n) is 4.33. The lowest BCUT2D eigenvalue weighted by atomic mass is 10.1. The second kappa shape index (κ2) is 4.57. The summed E-state index contributed by atoms with van der Waals surface area (Å²) in [7, 11) is 0. The quantitative estimate of drug-likeness (QED) is 0.865. The molecule has 0 amide bonds. The van der Waals surface area contributed by atoms with Gasteiger partial charge >= 0.3 is 0 Å². The number of nitrogens with zero attached hydrogens (tertiary/aromatic N) is 4. The molecule has 0 spiro atoms. The van der Waals surface area contributed by atoms with Crippen LogP contribution in [0.4, 0.5) is 5.82 Å². The number of halogens is 1. The SMILES string of the molecule is CCCn1cc(-c2ncnc3c2C(Cl)CN3)cn1. The Bertz CT molecular complexity index is 565. The summed E-state index contributed by atoms with van der Waals surface area (Å²) in [5.41, 5.74) is 2.86. The molecule has 0 saturated carbocycles. The summed E-state index contributed by atoms with van der Waals surface area (Å²) in [6, 6.07) is 0. The molecule has 1 aliphatic rings. The number of rotatable bonds is 3. The molecule has 6 heteroatoms. The summed E-state index contributed by atoms with van der Waals surface area (Å²) in [6.07, 6.45) is 6.46. The van der Waals surface area contributed by atoms with E-state index in [1.165, 1.54) is 0 Å². The van der Waals surface area contributed by atoms with Crippen molar-refractivity contribution in [3.8, 4) is 11.3 Å². The molecule has 18 heavy (non-hydrogen) atoms. The first-order chi connectivity index (χ1) is 8.79. The fourth-order valence-electron chi connectivity index (χ4n) is 2.19. The molecule has 1 aliphatic heterocycles. The Kier molecular flexibility index (Phi) is 2.91. The fraction of sp³-hybridized carbons (Fsp3) is 0.417. The van der Waals surface area contributed by atoms with Gasteiger partial charge in [0.1, 0.15) is 12.1 Å². The third-order valence-corrected chi connectivity index (χ3v) is 3.38. The van der Waals surface area contributed by atoms with Crippen LogP contribution in [0.25, 0.3) is 11.3 Å². The Morgan fingerprint density at radius 1 is 1.50 bits per heavy atom. The maximum Gasteiger partial charge on any atom is 0.134 e. The summed E-state index contributed by atoms with van der Waals surface area (Å²) in [5.74, 6) is 0.836. The van der Waals surface area contributed by atoms with Crippen LogP contribution < -0.4 is 5.32 Å². The van der Waals surface area contributed by atoms with Crippen LogP contribution in [0.2, 0.25) is 0 Å². The van der Waals surface area contributed by atoms with Crippen molar-refractivity contribution < 1.29 is 0 Å². The van der Waals surface area contributed by atoms with Crippen LogP contribution >= 0.6 is 11.6 Å². The number of fused-ring (bicyclic) bond motifs is 1. The summed E-state index contributed by atoms with van der Waals surface area (Å²) >= 11 is 6.30. The molecule has 3 heterocycles. The zero-order valence-corrected chi connectivity index (χ0v) is 10.9. The Morgan fingerprint density at radius 3 is 3.22 bits per heavy atom. The van der Waals surface area contributed by atoms with E-state index in [2.05, 4.69) is 27.3 Å². The number of hydrogen-bond acceptors (Lipinski definition) is 4. The van der Waals surface area contributed by atoms with Crippen molar-refractivity contribution in [3.05, 3.63) is 24.3 Å². The Balaban J connectivity index is 2.04. The topological polar surface area (TPSA) is 55.6 Å². The highest BCUT2D eigenvalue weighted by atomic mass is 35.5. The van der Waals surface area contributed by atoms with Crippen LogP contribution in [-0.4, -0.2) is 26.3 Å². The first-order valence-electron chi connectivity index (χ1n) is 6.05. The van der Waals surface area contributed by atoms with E-state index in [1.807, 2.05) is 17.1 Å². The molecule has 0 radical (unpaired) electrons. The van der Waals surface area contributed by atoms with Gasteiger partial charge in [0.25, 0.3) is 0 Å². The van der Waals surface area contributed by atoms with Gasteiger partial charge in [0.05, 0.1) is 17.3 Å². The van der Waals surface area contributed by atoms with Gasteiger partial charge in [-0.3, -0.25) is 4.68 Å². The third kappa shape index (κ3) is 1.84. The van der Waals surface area contributed by atoms with Gasteiger partial charge < -0.3 is 5.32 Å². The highest BCUT2D eigenvalue weighted by Crippen LogP contribution is 2.38. The highest BCUT2D eigenvalue weighted by Gasteiger charge is 2.26. The van der Waals surface area contributed by atoms with Crippen LogP contribution in [0.5, 0.6) is 0 Å². The van der Waals surface area contributed by atoms with Crippen LogP contribution in [0.3, 0.4) is 0 Å². The van der Waals surface area contributed by atoms with Gasteiger partial charge in [0.15, 0.2) is 0 Å². The normalized spacial score (nSPS) is 17.6. The molecular formula is C12H14ClN5. The van der Waals surface area contributed by atoms with E-state index in [0.717, 1.165) is 35.6 Å². The molecule has 0 bridgehead atoms. The molecule has 0 fully saturated rings. The van der Waals surface area contributed by atoms with E-state index in [1.54, 1.807) is 6.33 Å². The second-order valence-corrected chi connectivity index (χ2v) is 4.85. The molecule has 94 valence electrons. The van der Waals surface area contributed by atoms with E-state index in [4.69, 9.17) is 11.6 Å². The van der Waals surface area contributed by atoms with Crippen molar-refractivity contribution >= 4 is 17.4 Å². The molecule has 1 unspecified atom stereocenters. The number of nitrogens with one attached hydrogen (secondary N) is 1. The molecule has 2 aromatic rings. The Morgan fingerprint density at radius 2 is 2.39 bits per heavy atom. The van der Waals surface area contributed by atoms with Gasteiger partial charge in [-0.2, -0.15) is 5.10 Å². The highest BCUT2D eigenvalue weighted by molar-refractivity contribution is 6.22. The van der Waals surface area contributed by atoms with Crippen molar-refractivity contribution in [2.24, 2.45) is 0 Å². The number of aromatic nitrogens is 4. The smallest absolute Gasteiger partial charge is 0.134 e. The van der Waals surface area contributed by atoms with Crippen molar-refractivity contribution in [1.29, 1.82) is 0 Å². The third-order valence-electron chi connectivity index (χ3n) is 3.01. The minimum atomic E-state index is -0.0780. The lowest BCUT2D eigenvalue weighted by Crippen LogP contribution is -1.96. The standard InChI is InChI=1S/C12H14ClN5/c1-2-3-18-6-8(4-17-18)11-10-9(13)5-14-12(10)16-7-15-11/h4,6-7,9H,2-3,5H2,1H3,(H,14,15,16). The van der Waals surface area contributed by atoms with Crippen molar-refractivity contribution in [3.63, 3.8) is 0 Å². The number of alkyl halides is 1. The van der Waals surface area contributed by atoms with Crippen molar-refractivity contribution in [1.82, 2.24) is 19.7 Å². The first-order valence-corrected chi connectivity index (χ1v) is 6.49. The molecule has 5 nitrogen and oxygen atoms in total. The predicted molar refractivity (Wildman–Crippen MR) is 70.6 cm³/mol. The average Bonchev–Trinajstić information content (AvgIpc) is 2.98. The summed E-state index contributed by atoms with van der Waals surface area (Å²) in [4.78, 5) is 8.56. The van der Waals surface area contributed by atoms with Gasteiger partial charge in [-0.1, -0.05) is 6.92 Å². The van der Waals surface area contributed by atoms with Crippen LogP contribution in [-0.2, 0) is 6.54 Å². The monoisotopic (exact) mass is 263 g/mol. The van der Waals surface area contributed by atoms with Crippen LogP contribution in [0, 0.1) is 0 Å². The average molecular weight is 264 g/mol. The molecule has 3 rings (SSSR count).